The van der Waals surface area contributed by atoms with Crippen LogP contribution in [0.2, 0.25) is 0 Å². The molecule has 6 nitrogen and oxygen atoms in total. The average Bonchev–Trinajstić information content (AvgIpc) is 2.97. The minimum absolute atomic E-state index is 0.124. The number of hydrogen-bond donors (Lipinski definition) is 1. The van der Waals surface area contributed by atoms with E-state index in [4.69, 9.17) is 5.73 Å². The third-order valence-electron chi connectivity index (χ3n) is 3.70. The molecule has 21 heavy (non-hydrogen) atoms. The quantitative estimate of drug-likeness (QED) is 0.925. The van der Waals surface area contributed by atoms with Gasteiger partial charge < -0.3 is 10.6 Å². The number of pyridine rings is 1. The lowest BCUT2D eigenvalue weighted by Gasteiger charge is -2.25. The Morgan fingerprint density at radius 3 is 3.00 bits per heavy atom. The highest BCUT2D eigenvalue weighted by Gasteiger charge is 2.28. The average molecular weight is 283 g/mol. The predicted octanol–water partition coefficient (Wildman–Crippen LogP) is 1.62. The van der Waals surface area contributed by atoms with Gasteiger partial charge in [0.1, 0.15) is 17.8 Å². The van der Waals surface area contributed by atoms with Gasteiger partial charge in [-0.3, -0.25) is 4.79 Å². The lowest BCUT2D eigenvalue weighted by Crippen LogP contribution is -2.25. The maximum atomic E-state index is 11.3. The third-order valence-corrected chi connectivity index (χ3v) is 3.70. The molecule has 3 rings (SSSR count). The van der Waals surface area contributed by atoms with Crippen molar-refractivity contribution in [1.29, 1.82) is 0 Å². The fraction of sp³-hybridized carbons (Fsp3) is 0.333. The van der Waals surface area contributed by atoms with Crippen molar-refractivity contribution >= 4 is 11.7 Å². The highest BCUT2D eigenvalue weighted by atomic mass is 16.1. The molecule has 2 aromatic heterocycles. The molecule has 1 saturated heterocycles. The first-order valence-corrected chi connectivity index (χ1v) is 6.97. The summed E-state index contributed by atoms with van der Waals surface area (Å²) in [6, 6.07) is 7.49. The molecule has 1 aliphatic rings. The van der Waals surface area contributed by atoms with Crippen molar-refractivity contribution in [3.63, 3.8) is 0 Å². The first-order valence-electron chi connectivity index (χ1n) is 6.97. The number of anilines is 1. The van der Waals surface area contributed by atoms with Gasteiger partial charge in [0.2, 0.25) is 0 Å². The molecule has 108 valence electrons. The van der Waals surface area contributed by atoms with Gasteiger partial charge in [0.15, 0.2) is 0 Å². The second-order valence-electron chi connectivity index (χ2n) is 5.18. The Balaban J connectivity index is 1.94. The van der Waals surface area contributed by atoms with E-state index in [1.165, 1.54) is 0 Å². The van der Waals surface area contributed by atoms with Gasteiger partial charge in [-0.2, -0.15) is 0 Å². The molecule has 2 aromatic rings. The monoisotopic (exact) mass is 283 g/mol. The number of nitrogens with two attached hydrogens (primary N) is 1. The van der Waals surface area contributed by atoms with Crippen LogP contribution in [0.15, 0.2) is 30.6 Å². The first-order chi connectivity index (χ1) is 10.1. The largest absolute Gasteiger partial charge is 0.364 e. The molecule has 1 fully saturated rings. The molecular weight excluding hydrogens is 266 g/mol. The van der Waals surface area contributed by atoms with E-state index in [9.17, 15) is 4.79 Å². The number of amides is 1. The number of hydrogen-bond acceptors (Lipinski definition) is 5. The molecular formula is C15H17N5O. The van der Waals surface area contributed by atoms with Gasteiger partial charge in [-0.05, 0) is 31.9 Å². The van der Waals surface area contributed by atoms with Crippen LogP contribution in [-0.2, 0) is 0 Å². The number of carbonyl (C=O) groups excluding carboxylic acids is 1. The Morgan fingerprint density at radius 1 is 1.38 bits per heavy atom. The highest BCUT2D eigenvalue weighted by molar-refractivity contribution is 5.90. The zero-order valence-electron chi connectivity index (χ0n) is 11.9. The summed E-state index contributed by atoms with van der Waals surface area (Å²) in [4.78, 5) is 26.4. The number of aromatic nitrogens is 3. The standard InChI is InChI=1S/C15H17N5O/c1-10-8-14(18-9-17-10)20-7-3-6-13(20)11-4-2-5-12(19-11)15(16)21/h2,4-5,8-9,13H,3,6-7H2,1H3,(H2,16,21). The summed E-state index contributed by atoms with van der Waals surface area (Å²) in [5.74, 6) is 0.399. The van der Waals surface area contributed by atoms with Crippen LogP contribution in [0.3, 0.4) is 0 Å². The Bertz CT molecular complexity index is 673. The summed E-state index contributed by atoms with van der Waals surface area (Å²) in [5, 5.41) is 0. The summed E-state index contributed by atoms with van der Waals surface area (Å²) in [5.41, 5.74) is 7.41. The smallest absolute Gasteiger partial charge is 0.267 e. The van der Waals surface area contributed by atoms with E-state index in [2.05, 4.69) is 19.9 Å². The number of nitrogens with zero attached hydrogens (tertiary/aromatic N) is 4. The summed E-state index contributed by atoms with van der Waals surface area (Å²) in [6.07, 6.45) is 3.63. The molecule has 0 aromatic carbocycles. The molecule has 0 radical (unpaired) electrons. The van der Waals surface area contributed by atoms with Crippen LogP contribution in [0.5, 0.6) is 0 Å². The van der Waals surface area contributed by atoms with Crippen molar-refractivity contribution in [3.05, 3.63) is 47.7 Å². The van der Waals surface area contributed by atoms with Crippen LogP contribution in [0.25, 0.3) is 0 Å². The van der Waals surface area contributed by atoms with Crippen molar-refractivity contribution < 1.29 is 4.79 Å². The van der Waals surface area contributed by atoms with Crippen LogP contribution in [-0.4, -0.2) is 27.4 Å². The van der Waals surface area contributed by atoms with E-state index in [-0.39, 0.29) is 6.04 Å². The van der Waals surface area contributed by atoms with Crippen LogP contribution in [0, 0.1) is 6.92 Å². The van der Waals surface area contributed by atoms with E-state index < -0.39 is 5.91 Å². The lowest BCUT2D eigenvalue weighted by atomic mass is 10.1. The van der Waals surface area contributed by atoms with E-state index in [1.807, 2.05) is 25.1 Å². The Morgan fingerprint density at radius 2 is 2.24 bits per heavy atom. The Hall–Kier alpha value is -2.50. The number of carbonyl (C=O) groups is 1. The fourth-order valence-electron chi connectivity index (χ4n) is 2.72. The molecule has 3 heterocycles. The SMILES string of the molecule is Cc1cc(N2CCCC2c2cccc(C(N)=O)n2)ncn1. The second kappa shape index (κ2) is 5.47. The minimum Gasteiger partial charge on any atom is -0.364 e. The summed E-state index contributed by atoms with van der Waals surface area (Å²) >= 11 is 0. The topological polar surface area (TPSA) is 85.0 Å². The van der Waals surface area contributed by atoms with Crippen molar-refractivity contribution in [2.75, 3.05) is 11.4 Å². The van der Waals surface area contributed by atoms with E-state index >= 15 is 0 Å². The molecule has 1 unspecified atom stereocenters. The molecule has 0 saturated carbocycles. The number of primary amides is 1. The number of aryl methyl sites for hydroxylation is 1. The van der Waals surface area contributed by atoms with E-state index in [0.717, 1.165) is 36.6 Å². The van der Waals surface area contributed by atoms with Gasteiger partial charge in [-0.1, -0.05) is 6.07 Å². The molecule has 2 N–H and O–H groups in total. The van der Waals surface area contributed by atoms with Crippen molar-refractivity contribution in [2.45, 2.75) is 25.8 Å². The zero-order chi connectivity index (χ0) is 14.8. The Labute approximate surface area is 123 Å². The zero-order valence-corrected chi connectivity index (χ0v) is 11.9. The van der Waals surface area contributed by atoms with Crippen LogP contribution in [0.4, 0.5) is 5.82 Å². The van der Waals surface area contributed by atoms with Gasteiger partial charge >= 0.3 is 0 Å². The van der Waals surface area contributed by atoms with Crippen molar-refractivity contribution in [2.24, 2.45) is 5.73 Å². The van der Waals surface area contributed by atoms with Crippen molar-refractivity contribution in [3.8, 4) is 0 Å². The lowest BCUT2D eigenvalue weighted by molar-refractivity contribution is 0.0995. The van der Waals surface area contributed by atoms with Gasteiger partial charge in [-0.15, -0.1) is 0 Å². The molecule has 0 bridgehead atoms. The predicted molar refractivity (Wildman–Crippen MR) is 78.8 cm³/mol. The van der Waals surface area contributed by atoms with Crippen LogP contribution < -0.4 is 10.6 Å². The van der Waals surface area contributed by atoms with Crippen LogP contribution >= 0.6 is 0 Å². The normalized spacial score (nSPS) is 18.0. The summed E-state index contributed by atoms with van der Waals surface area (Å²) in [7, 11) is 0. The van der Waals surface area contributed by atoms with Gasteiger partial charge in [0.05, 0.1) is 11.7 Å². The first kappa shape index (κ1) is 13.5. The number of rotatable bonds is 3. The maximum Gasteiger partial charge on any atom is 0.267 e. The van der Waals surface area contributed by atoms with Crippen LogP contribution in [0.1, 0.15) is 40.8 Å². The Kier molecular flexibility index (Phi) is 3.51. The van der Waals surface area contributed by atoms with Crippen molar-refractivity contribution in [1.82, 2.24) is 15.0 Å². The minimum atomic E-state index is -0.501. The molecule has 1 amide bonds. The maximum absolute atomic E-state index is 11.3. The van der Waals surface area contributed by atoms with E-state index in [0.29, 0.717) is 5.69 Å². The third kappa shape index (κ3) is 2.69. The molecule has 1 atom stereocenters. The van der Waals surface area contributed by atoms with E-state index in [1.54, 1.807) is 12.4 Å². The molecule has 0 spiro atoms. The van der Waals surface area contributed by atoms with Gasteiger partial charge in [0, 0.05) is 18.3 Å². The molecule has 6 heteroatoms. The summed E-state index contributed by atoms with van der Waals surface area (Å²) < 4.78 is 0. The summed E-state index contributed by atoms with van der Waals surface area (Å²) in [6.45, 7) is 2.87. The van der Waals surface area contributed by atoms with Gasteiger partial charge in [-0.25, -0.2) is 15.0 Å². The highest BCUT2D eigenvalue weighted by Crippen LogP contribution is 2.34. The van der Waals surface area contributed by atoms with Gasteiger partial charge in [0.25, 0.3) is 5.91 Å². The molecule has 0 aliphatic carbocycles. The fourth-order valence-corrected chi connectivity index (χ4v) is 2.72. The molecule has 1 aliphatic heterocycles. The second-order valence-corrected chi connectivity index (χ2v) is 5.18.